The highest BCUT2D eigenvalue weighted by Crippen LogP contribution is 2.21. The van der Waals surface area contributed by atoms with Gasteiger partial charge >= 0.3 is 5.97 Å². The molecule has 2 amide bonds. The zero-order chi connectivity index (χ0) is 22.2. The summed E-state index contributed by atoms with van der Waals surface area (Å²) in [4.78, 5) is 44.4. The van der Waals surface area contributed by atoms with Crippen LogP contribution >= 0.6 is 0 Å². The highest BCUT2D eigenvalue weighted by molar-refractivity contribution is 5.96. The summed E-state index contributed by atoms with van der Waals surface area (Å²) in [7, 11) is 1.59. The van der Waals surface area contributed by atoms with Crippen LogP contribution in [-0.4, -0.2) is 65.9 Å². The lowest BCUT2D eigenvalue weighted by Crippen LogP contribution is -2.47. The van der Waals surface area contributed by atoms with Gasteiger partial charge in [0.1, 0.15) is 11.5 Å². The van der Waals surface area contributed by atoms with Crippen molar-refractivity contribution in [2.24, 2.45) is 5.92 Å². The Hall–Kier alpha value is -3.42. The van der Waals surface area contributed by atoms with E-state index < -0.39 is 0 Å². The number of benzene rings is 1. The number of likely N-dealkylation sites (tertiary alicyclic amines) is 1. The maximum atomic E-state index is 12.7. The highest BCUT2D eigenvalue weighted by atomic mass is 16.5. The number of hydrogen-bond donors (Lipinski definition) is 0. The number of hydrogen-bond acceptors (Lipinski definition) is 6. The molecule has 0 N–H and O–H groups in total. The van der Waals surface area contributed by atoms with E-state index in [1.807, 2.05) is 0 Å². The Bertz CT molecular complexity index is 901. The molecule has 2 aromatic rings. The molecule has 0 aliphatic carbocycles. The molecule has 8 heteroatoms. The van der Waals surface area contributed by atoms with Crippen molar-refractivity contribution in [3.05, 3.63) is 54.4 Å². The van der Waals surface area contributed by atoms with Crippen LogP contribution in [0.4, 0.5) is 0 Å². The molecule has 8 nitrogen and oxygen atoms in total. The van der Waals surface area contributed by atoms with Crippen molar-refractivity contribution >= 4 is 17.8 Å². The van der Waals surface area contributed by atoms with Crippen LogP contribution in [0.2, 0.25) is 0 Å². The van der Waals surface area contributed by atoms with E-state index in [2.05, 4.69) is 4.98 Å². The number of nitrogens with zero attached hydrogens (tertiary/aromatic N) is 3. The van der Waals surface area contributed by atoms with Crippen molar-refractivity contribution in [1.29, 1.82) is 0 Å². The molecule has 1 saturated heterocycles. The first-order valence-corrected chi connectivity index (χ1v) is 10.4. The number of esters is 1. The molecule has 1 fully saturated rings. The number of piperidine rings is 1. The summed E-state index contributed by atoms with van der Waals surface area (Å²) in [5.74, 6) is 0.180. The molecular formula is C23H27N3O5. The van der Waals surface area contributed by atoms with E-state index in [1.165, 1.54) is 4.90 Å². The lowest BCUT2D eigenvalue weighted by atomic mass is 9.98. The van der Waals surface area contributed by atoms with Gasteiger partial charge in [-0.25, -0.2) is 0 Å². The van der Waals surface area contributed by atoms with E-state index in [1.54, 1.807) is 67.7 Å². The second-order valence-corrected chi connectivity index (χ2v) is 7.41. The van der Waals surface area contributed by atoms with Gasteiger partial charge in [0.2, 0.25) is 5.91 Å². The number of amides is 2. The van der Waals surface area contributed by atoms with Crippen LogP contribution in [0, 0.1) is 5.92 Å². The van der Waals surface area contributed by atoms with Crippen molar-refractivity contribution in [2.45, 2.75) is 19.8 Å². The van der Waals surface area contributed by atoms with Gasteiger partial charge in [-0.2, -0.15) is 0 Å². The molecule has 2 heterocycles. The molecular weight excluding hydrogens is 398 g/mol. The van der Waals surface area contributed by atoms with Gasteiger partial charge in [-0.1, -0.05) is 0 Å². The summed E-state index contributed by atoms with van der Waals surface area (Å²) >= 11 is 0. The molecule has 1 aromatic carbocycles. The van der Waals surface area contributed by atoms with Crippen molar-refractivity contribution in [1.82, 2.24) is 14.8 Å². The van der Waals surface area contributed by atoms with E-state index in [0.29, 0.717) is 43.2 Å². The van der Waals surface area contributed by atoms with E-state index in [9.17, 15) is 14.4 Å². The standard InChI is InChI=1S/C23H27N3O5/c1-3-30-23(29)18-6-5-13-26(15-18)21(27)16-25(2)22(28)17-8-10-19(11-9-17)31-20-7-4-12-24-14-20/h4,7-12,14,18H,3,5-6,13,15-16H2,1-2H3. The molecule has 0 radical (unpaired) electrons. The molecule has 1 atom stereocenters. The second-order valence-electron chi connectivity index (χ2n) is 7.41. The maximum absolute atomic E-state index is 12.7. The van der Waals surface area contributed by atoms with E-state index in [-0.39, 0.29) is 30.2 Å². The Labute approximate surface area is 181 Å². The summed E-state index contributed by atoms with van der Waals surface area (Å²) in [6.45, 7) is 2.95. The summed E-state index contributed by atoms with van der Waals surface area (Å²) in [5.41, 5.74) is 0.455. The third kappa shape index (κ3) is 6.04. The Kier molecular flexibility index (Phi) is 7.59. The minimum absolute atomic E-state index is 0.0533. The Morgan fingerprint density at radius 1 is 1.16 bits per heavy atom. The number of likely N-dealkylation sites (N-methyl/N-ethyl adjacent to an activating group) is 1. The number of rotatable bonds is 7. The number of ether oxygens (including phenoxy) is 2. The molecule has 0 bridgehead atoms. The van der Waals surface area contributed by atoms with Gasteiger partial charge in [-0.05, 0) is 56.2 Å². The second kappa shape index (κ2) is 10.6. The lowest BCUT2D eigenvalue weighted by Gasteiger charge is -2.32. The molecule has 164 valence electrons. The maximum Gasteiger partial charge on any atom is 0.310 e. The first kappa shape index (κ1) is 22.3. The van der Waals surface area contributed by atoms with Crippen LogP contribution < -0.4 is 4.74 Å². The van der Waals surface area contributed by atoms with Crippen LogP contribution in [0.3, 0.4) is 0 Å². The van der Waals surface area contributed by atoms with Gasteiger partial charge in [-0.15, -0.1) is 0 Å². The number of carbonyl (C=O) groups is 3. The molecule has 1 aromatic heterocycles. The average Bonchev–Trinajstić information content (AvgIpc) is 2.80. The predicted octanol–water partition coefficient (Wildman–Crippen LogP) is 2.75. The van der Waals surface area contributed by atoms with Gasteiger partial charge in [0.15, 0.2) is 0 Å². The topological polar surface area (TPSA) is 89.0 Å². The molecule has 0 spiro atoms. The smallest absolute Gasteiger partial charge is 0.310 e. The summed E-state index contributed by atoms with van der Waals surface area (Å²) in [5, 5.41) is 0. The largest absolute Gasteiger partial charge is 0.466 e. The Morgan fingerprint density at radius 2 is 1.94 bits per heavy atom. The predicted molar refractivity (Wildman–Crippen MR) is 114 cm³/mol. The molecule has 1 aliphatic heterocycles. The normalized spacial score (nSPS) is 15.8. The summed E-state index contributed by atoms with van der Waals surface area (Å²) < 4.78 is 10.8. The fourth-order valence-electron chi connectivity index (χ4n) is 3.46. The summed E-state index contributed by atoms with van der Waals surface area (Å²) in [6, 6.07) is 10.3. The quantitative estimate of drug-likeness (QED) is 0.634. The van der Waals surface area contributed by atoms with Crippen molar-refractivity contribution in [3.8, 4) is 11.5 Å². The molecule has 1 aliphatic rings. The van der Waals surface area contributed by atoms with Crippen molar-refractivity contribution in [3.63, 3.8) is 0 Å². The van der Waals surface area contributed by atoms with E-state index >= 15 is 0 Å². The Balaban J connectivity index is 1.54. The third-order valence-corrected chi connectivity index (χ3v) is 5.08. The van der Waals surface area contributed by atoms with Crippen LogP contribution in [-0.2, 0) is 14.3 Å². The van der Waals surface area contributed by atoms with Crippen molar-refractivity contribution in [2.75, 3.05) is 33.3 Å². The minimum atomic E-state index is -0.300. The molecule has 1 unspecified atom stereocenters. The fourth-order valence-corrected chi connectivity index (χ4v) is 3.46. The van der Waals surface area contributed by atoms with Gasteiger partial charge in [0.05, 0.1) is 25.3 Å². The zero-order valence-electron chi connectivity index (χ0n) is 17.8. The minimum Gasteiger partial charge on any atom is -0.466 e. The molecule has 0 saturated carbocycles. The lowest BCUT2D eigenvalue weighted by molar-refractivity contribution is -0.151. The first-order chi connectivity index (χ1) is 15.0. The monoisotopic (exact) mass is 425 g/mol. The van der Waals surface area contributed by atoms with Crippen LogP contribution in [0.1, 0.15) is 30.1 Å². The first-order valence-electron chi connectivity index (χ1n) is 10.4. The van der Waals surface area contributed by atoms with Gasteiger partial charge < -0.3 is 19.3 Å². The van der Waals surface area contributed by atoms with Crippen LogP contribution in [0.25, 0.3) is 0 Å². The number of aromatic nitrogens is 1. The highest BCUT2D eigenvalue weighted by Gasteiger charge is 2.30. The van der Waals surface area contributed by atoms with Crippen molar-refractivity contribution < 1.29 is 23.9 Å². The molecule has 3 rings (SSSR count). The molecule has 31 heavy (non-hydrogen) atoms. The number of carbonyl (C=O) groups excluding carboxylic acids is 3. The van der Waals surface area contributed by atoms with Crippen LogP contribution in [0.5, 0.6) is 11.5 Å². The third-order valence-electron chi connectivity index (χ3n) is 5.08. The van der Waals surface area contributed by atoms with Gasteiger partial charge in [-0.3, -0.25) is 19.4 Å². The fraction of sp³-hybridized carbons (Fsp3) is 0.391. The number of pyridine rings is 1. The van der Waals surface area contributed by atoms with Gasteiger partial charge in [0.25, 0.3) is 5.91 Å². The average molecular weight is 425 g/mol. The van der Waals surface area contributed by atoms with Gasteiger partial charge in [0, 0.05) is 31.9 Å². The van der Waals surface area contributed by atoms with E-state index in [0.717, 1.165) is 6.42 Å². The summed E-state index contributed by atoms with van der Waals surface area (Å²) in [6.07, 6.45) is 4.72. The SMILES string of the molecule is CCOC(=O)C1CCCN(C(=O)CN(C)C(=O)c2ccc(Oc3cccnc3)cc2)C1. The van der Waals surface area contributed by atoms with E-state index in [4.69, 9.17) is 9.47 Å². The zero-order valence-corrected chi connectivity index (χ0v) is 17.8. The van der Waals surface area contributed by atoms with Crippen LogP contribution in [0.15, 0.2) is 48.8 Å². The Morgan fingerprint density at radius 3 is 2.61 bits per heavy atom.